The topological polar surface area (TPSA) is 38.0 Å². The van der Waals surface area contributed by atoms with E-state index in [1.165, 1.54) is 0 Å². The lowest BCUT2D eigenvalue weighted by atomic mass is 10.1. The molecule has 74 valence electrons. The van der Waals surface area contributed by atoms with Crippen molar-refractivity contribution in [3.8, 4) is 5.75 Å². The van der Waals surface area contributed by atoms with Crippen LogP contribution in [0.1, 0.15) is 18.9 Å². The number of rotatable bonds is 2. The summed E-state index contributed by atoms with van der Waals surface area (Å²) in [6.07, 6.45) is 3.92. The van der Waals surface area contributed by atoms with Crippen LogP contribution in [0, 0.1) is 0 Å². The van der Waals surface area contributed by atoms with Gasteiger partial charge in [0.2, 0.25) is 0 Å². The van der Waals surface area contributed by atoms with Crippen molar-refractivity contribution in [2.24, 2.45) is 7.05 Å². The Labute approximate surface area is 83.0 Å². The molecule has 2 aromatic rings. The molecule has 1 aromatic heterocycles. The number of aromatic hydroxyl groups is 1. The summed E-state index contributed by atoms with van der Waals surface area (Å²) in [5.41, 5.74) is 1.86. The van der Waals surface area contributed by atoms with Crippen LogP contribution in [0.15, 0.2) is 18.3 Å². The molecule has 3 heteroatoms. The second kappa shape index (κ2) is 3.33. The van der Waals surface area contributed by atoms with Gasteiger partial charge in [0.1, 0.15) is 5.75 Å². The highest BCUT2D eigenvalue weighted by Gasteiger charge is 2.05. The summed E-state index contributed by atoms with van der Waals surface area (Å²) in [5.74, 6) is 0.359. The van der Waals surface area contributed by atoms with Crippen molar-refractivity contribution in [2.75, 3.05) is 0 Å². The molecule has 1 heterocycles. The molecule has 14 heavy (non-hydrogen) atoms. The van der Waals surface area contributed by atoms with E-state index in [-0.39, 0.29) is 0 Å². The SMILES string of the molecule is CCCc1cc2cn(C)nc2cc1O. The standard InChI is InChI=1S/C11H14N2O/c1-3-4-8-5-9-7-13(2)12-10(9)6-11(8)14/h5-7,14H,3-4H2,1-2H3. The van der Waals surface area contributed by atoms with Gasteiger partial charge >= 0.3 is 0 Å². The summed E-state index contributed by atoms with van der Waals surface area (Å²) >= 11 is 0. The van der Waals surface area contributed by atoms with Crippen molar-refractivity contribution < 1.29 is 5.11 Å². The predicted octanol–water partition coefficient (Wildman–Crippen LogP) is 2.23. The molecular formula is C11H14N2O. The molecule has 0 atom stereocenters. The Balaban J connectivity index is 2.58. The van der Waals surface area contributed by atoms with E-state index in [1.807, 2.05) is 19.3 Å². The third kappa shape index (κ3) is 1.45. The molecule has 0 radical (unpaired) electrons. The van der Waals surface area contributed by atoms with Crippen LogP contribution >= 0.6 is 0 Å². The van der Waals surface area contributed by atoms with E-state index in [4.69, 9.17) is 0 Å². The number of aromatic nitrogens is 2. The minimum atomic E-state index is 0.359. The lowest BCUT2D eigenvalue weighted by Gasteiger charge is -2.01. The first kappa shape index (κ1) is 9.06. The van der Waals surface area contributed by atoms with Gasteiger partial charge in [-0.3, -0.25) is 4.68 Å². The third-order valence-corrected chi connectivity index (χ3v) is 2.34. The average molecular weight is 190 g/mol. The van der Waals surface area contributed by atoms with E-state index in [9.17, 15) is 5.11 Å². The van der Waals surface area contributed by atoms with Crippen molar-refractivity contribution in [3.63, 3.8) is 0 Å². The quantitative estimate of drug-likeness (QED) is 0.788. The molecule has 0 aliphatic heterocycles. The number of phenolic OH excluding ortho intramolecular Hbond substituents is 1. The molecule has 0 fully saturated rings. The van der Waals surface area contributed by atoms with Crippen LogP contribution in [0.3, 0.4) is 0 Å². The van der Waals surface area contributed by atoms with Gasteiger partial charge in [-0.25, -0.2) is 0 Å². The van der Waals surface area contributed by atoms with Gasteiger partial charge in [0.25, 0.3) is 0 Å². The Morgan fingerprint density at radius 3 is 2.93 bits per heavy atom. The Bertz CT molecular complexity index is 460. The summed E-state index contributed by atoms with van der Waals surface area (Å²) in [6, 6.07) is 3.75. The highest BCUT2D eigenvalue weighted by Crippen LogP contribution is 2.24. The summed E-state index contributed by atoms with van der Waals surface area (Å²) in [6.45, 7) is 2.10. The molecule has 1 aromatic carbocycles. The normalized spacial score (nSPS) is 11.0. The molecule has 3 nitrogen and oxygen atoms in total. The van der Waals surface area contributed by atoms with Gasteiger partial charge in [-0.05, 0) is 18.1 Å². The van der Waals surface area contributed by atoms with E-state index in [0.29, 0.717) is 5.75 Å². The molecule has 2 rings (SSSR count). The molecule has 0 unspecified atom stereocenters. The van der Waals surface area contributed by atoms with Gasteiger partial charge in [0, 0.05) is 24.7 Å². The van der Waals surface area contributed by atoms with Crippen LogP contribution < -0.4 is 0 Å². The number of hydrogen-bond acceptors (Lipinski definition) is 2. The fourth-order valence-electron chi connectivity index (χ4n) is 1.70. The van der Waals surface area contributed by atoms with Gasteiger partial charge in [0.15, 0.2) is 0 Å². The van der Waals surface area contributed by atoms with Gasteiger partial charge in [-0.15, -0.1) is 0 Å². The van der Waals surface area contributed by atoms with E-state index in [1.54, 1.807) is 10.7 Å². The summed E-state index contributed by atoms with van der Waals surface area (Å²) in [7, 11) is 1.89. The molecule has 0 amide bonds. The minimum Gasteiger partial charge on any atom is -0.508 e. The van der Waals surface area contributed by atoms with Crippen LogP contribution in [0.2, 0.25) is 0 Å². The van der Waals surface area contributed by atoms with Crippen molar-refractivity contribution in [1.82, 2.24) is 9.78 Å². The van der Waals surface area contributed by atoms with Crippen LogP contribution in [-0.4, -0.2) is 14.9 Å². The van der Waals surface area contributed by atoms with E-state index in [2.05, 4.69) is 12.0 Å². The minimum absolute atomic E-state index is 0.359. The fraction of sp³-hybridized carbons (Fsp3) is 0.364. The predicted molar refractivity (Wildman–Crippen MR) is 56.4 cm³/mol. The molecule has 1 N–H and O–H groups in total. The van der Waals surface area contributed by atoms with Crippen LogP contribution in [-0.2, 0) is 13.5 Å². The molecule has 0 saturated heterocycles. The largest absolute Gasteiger partial charge is 0.508 e. The molecule has 0 saturated carbocycles. The zero-order valence-corrected chi connectivity index (χ0v) is 8.49. The Morgan fingerprint density at radius 2 is 2.21 bits per heavy atom. The molecule has 0 spiro atoms. The summed E-state index contributed by atoms with van der Waals surface area (Å²) < 4.78 is 1.76. The molecule has 0 bridgehead atoms. The summed E-state index contributed by atoms with van der Waals surface area (Å²) in [4.78, 5) is 0. The monoisotopic (exact) mass is 190 g/mol. The van der Waals surface area contributed by atoms with E-state index < -0.39 is 0 Å². The Morgan fingerprint density at radius 1 is 1.43 bits per heavy atom. The second-order valence-electron chi connectivity index (χ2n) is 3.59. The molecule has 0 aliphatic rings. The van der Waals surface area contributed by atoms with Crippen molar-refractivity contribution in [2.45, 2.75) is 19.8 Å². The maximum absolute atomic E-state index is 9.70. The molecule has 0 aliphatic carbocycles. The van der Waals surface area contributed by atoms with Crippen LogP contribution in [0.4, 0.5) is 0 Å². The zero-order chi connectivity index (χ0) is 10.1. The lowest BCUT2D eigenvalue weighted by Crippen LogP contribution is -1.85. The van der Waals surface area contributed by atoms with Gasteiger partial charge in [-0.2, -0.15) is 5.10 Å². The van der Waals surface area contributed by atoms with Crippen LogP contribution in [0.5, 0.6) is 5.75 Å². The van der Waals surface area contributed by atoms with Crippen molar-refractivity contribution in [1.29, 1.82) is 0 Å². The number of hydrogen-bond donors (Lipinski definition) is 1. The first-order valence-corrected chi connectivity index (χ1v) is 4.86. The Kier molecular flexibility index (Phi) is 2.15. The number of phenols is 1. The smallest absolute Gasteiger partial charge is 0.121 e. The number of benzene rings is 1. The molecular weight excluding hydrogens is 176 g/mol. The van der Waals surface area contributed by atoms with Gasteiger partial charge in [-0.1, -0.05) is 13.3 Å². The highest BCUT2D eigenvalue weighted by molar-refractivity contribution is 5.80. The van der Waals surface area contributed by atoms with Crippen LogP contribution in [0.25, 0.3) is 10.9 Å². The maximum Gasteiger partial charge on any atom is 0.121 e. The van der Waals surface area contributed by atoms with Gasteiger partial charge in [0.05, 0.1) is 5.52 Å². The fourth-order valence-corrected chi connectivity index (χ4v) is 1.70. The van der Waals surface area contributed by atoms with Crippen molar-refractivity contribution in [3.05, 3.63) is 23.9 Å². The summed E-state index contributed by atoms with van der Waals surface area (Å²) in [5, 5.41) is 15.0. The average Bonchev–Trinajstić information content (AvgIpc) is 2.45. The lowest BCUT2D eigenvalue weighted by molar-refractivity contribution is 0.468. The Hall–Kier alpha value is -1.51. The van der Waals surface area contributed by atoms with E-state index >= 15 is 0 Å². The third-order valence-electron chi connectivity index (χ3n) is 2.34. The maximum atomic E-state index is 9.70. The second-order valence-corrected chi connectivity index (χ2v) is 3.59. The number of fused-ring (bicyclic) bond motifs is 1. The van der Waals surface area contributed by atoms with Crippen molar-refractivity contribution >= 4 is 10.9 Å². The highest BCUT2D eigenvalue weighted by atomic mass is 16.3. The number of aryl methyl sites for hydroxylation is 2. The first-order valence-electron chi connectivity index (χ1n) is 4.86. The zero-order valence-electron chi connectivity index (χ0n) is 8.49. The van der Waals surface area contributed by atoms with Gasteiger partial charge < -0.3 is 5.11 Å². The number of nitrogens with zero attached hydrogens (tertiary/aromatic N) is 2. The van der Waals surface area contributed by atoms with E-state index in [0.717, 1.165) is 29.3 Å². The first-order chi connectivity index (χ1) is 6.70.